The molecular weight excluding hydrogens is 936 g/mol. The highest BCUT2D eigenvalue weighted by atomic mass is 35.5. The average molecular weight is 998 g/mol. The number of hydrogen-bond donors (Lipinski definition) is 4. The lowest BCUT2D eigenvalue weighted by Gasteiger charge is -2.34. The predicted molar refractivity (Wildman–Crippen MR) is 265 cm³/mol. The Morgan fingerprint density at radius 2 is 1.54 bits per heavy atom. The molecule has 0 aliphatic carbocycles. The molecule has 0 saturated carbocycles. The number of ether oxygens (including phenoxy) is 5. The van der Waals surface area contributed by atoms with Crippen LogP contribution in [0.25, 0.3) is 10.9 Å². The Morgan fingerprint density at radius 1 is 0.831 bits per heavy atom. The van der Waals surface area contributed by atoms with E-state index in [2.05, 4.69) is 36.8 Å². The van der Waals surface area contributed by atoms with Crippen molar-refractivity contribution in [2.24, 2.45) is 0 Å². The van der Waals surface area contributed by atoms with Crippen LogP contribution in [0.15, 0.2) is 48.7 Å². The normalized spacial score (nSPS) is 16.2. The van der Waals surface area contributed by atoms with Crippen molar-refractivity contribution in [3.63, 3.8) is 0 Å². The number of aromatic nitrogens is 1. The lowest BCUT2D eigenvalue weighted by Crippen LogP contribution is -2.54. The number of amides is 5. The Balaban J connectivity index is 0.694. The third kappa shape index (κ3) is 13.4. The van der Waals surface area contributed by atoms with Gasteiger partial charge in [-0.1, -0.05) is 24.1 Å². The molecule has 7 rings (SSSR count). The molecule has 3 aromatic carbocycles. The van der Waals surface area contributed by atoms with Crippen LogP contribution in [-0.4, -0.2) is 147 Å². The highest BCUT2D eigenvalue weighted by molar-refractivity contribution is 6.33. The number of pyridine rings is 1. The number of phenolic OH excluding ortho intramolecular Hbond substituents is 1. The summed E-state index contributed by atoms with van der Waals surface area (Å²) in [7, 11) is 3.01. The molecule has 0 spiro atoms. The van der Waals surface area contributed by atoms with Crippen molar-refractivity contribution < 1.29 is 52.8 Å². The highest BCUT2D eigenvalue weighted by Gasteiger charge is 2.45. The first-order valence-electron chi connectivity index (χ1n) is 24.1. The summed E-state index contributed by atoms with van der Waals surface area (Å²) >= 11 is 6.42. The number of rotatable bonds is 26. The van der Waals surface area contributed by atoms with Crippen molar-refractivity contribution in [1.82, 2.24) is 25.0 Å². The maximum absolute atomic E-state index is 13.3. The van der Waals surface area contributed by atoms with Crippen LogP contribution in [0.5, 0.6) is 23.0 Å². The number of halogens is 1. The molecular formula is C51H61ClN8O11. The zero-order chi connectivity index (χ0) is 50.3. The van der Waals surface area contributed by atoms with Gasteiger partial charge in [-0.2, -0.15) is 5.26 Å². The minimum Gasteiger partial charge on any atom is -0.504 e. The number of carbonyl (C=O) groups excluding carboxylic acids is 5. The van der Waals surface area contributed by atoms with Gasteiger partial charge in [0.15, 0.2) is 23.0 Å². The van der Waals surface area contributed by atoms with Crippen molar-refractivity contribution >= 4 is 69.1 Å². The van der Waals surface area contributed by atoms with Crippen molar-refractivity contribution in [2.75, 3.05) is 97.2 Å². The van der Waals surface area contributed by atoms with Crippen molar-refractivity contribution in [3.8, 4) is 29.1 Å². The number of nitrogens with zero attached hydrogens (tertiary/aromatic N) is 5. The Bertz CT molecular complexity index is 2620. The molecule has 1 aromatic heterocycles. The summed E-state index contributed by atoms with van der Waals surface area (Å²) in [6.07, 6.45) is 8.06. The zero-order valence-corrected chi connectivity index (χ0v) is 40.9. The molecule has 1 atom stereocenters. The molecule has 2 saturated heterocycles. The van der Waals surface area contributed by atoms with Gasteiger partial charge >= 0.3 is 0 Å². The van der Waals surface area contributed by atoms with Gasteiger partial charge in [-0.15, -0.1) is 0 Å². The number of carbonyl (C=O) groups is 5. The van der Waals surface area contributed by atoms with Gasteiger partial charge < -0.3 is 49.2 Å². The first-order chi connectivity index (χ1) is 34.5. The van der Waals surface area contributed by atoms with E-state index in [4.69, 9.17) is 35.3 Å². The number of hydrogen-bond acceptors (Lipinski definition) is 16. The standard InChI is InChI=1S/C51H61ClN8O11/c1-67-42-30-39(36(52)28-41(42)61)56-48-33(31-53)32-54-38-29-44(43(68-2)27-35(38)48)71-24-10-17-59-20-18-58(19-21-59)16-6-4-8-23-70-26-25-69-22-7-3-5-13-45(62)55-37-12-9-11-34-47(37)51(66)60(50(34)65)40-14-15-46(63)57-49(40)64/h9,11-12,27-30,32,40,61H,3-8,10,13-26H2,1-2H3,(H,54,56)(H,55,62)(H,57,63,64). The lowest BCUT2D eigenvalue weighted by atomic mass is 10.0. The average Bonchev–Trinajstić information content (AvgIpc) is 3.62. The number of imide groups is 2. The number of piperazine rings is 1. The molecule has 378 valence electrons. The Hall–Kier alpha value is -6.56. The number of anilines is 3. The van der Waals surface area contributed by atoms with E-state index in [1.54, 1.807) is 37.4 Å². The third-order valence-electron chi connectivity index (χ3n) is 12.7. The topological polar surface area (TPSA) is 234 Å². The number of benzene rings is 3. The highest BCUT2D eigenvalue weighted by Crippen LogP contribution is 2.41. The molecule has 4 aromatic rings. The van der Waals surface area contributed by atoms with E-state index < -0.39 is 29.7 Å². The number of piperidine rings is 1. The molecule has 0 radical (unpaired) electrons. The van der Waals surface area contributed by atoms with Gasteiger partial charge in [0.2, 0.25) is 17.7 Å². The smallest absolute Gasteiger partial charge is 0.264 e. The second-order valence-corrected chi connectivity index (χ2v) is 17.9. The first-order valence-corrected chi connectivity index (χ1v) is 24.5. The number of phenols is 1. The summed E-state index contributed by atoms with van der Waals surface area (Å²) in [5, 5.41) is 29.0. The molecule has 1 unspecified atom stereocenters. The summed E-state index contributed by atoms with van der Waals surface area (Å²) in [6.45, 7) is 8.87. The number of unbranched alkanes of at least 4 members (excludes halogenated alkanes) is 4. The summed E-state index contributed by atoms with van der Waals surface area (Å²) < 4.78 is 28.6. The number of nitriles is 1. The summed E-state index contributed by atoms with van der Waals surface area (Å²) in [5.74, 6) is -1.50. The van der Waals surface area contributed by atoms with Gasteiger partial charge in [0.1, 0.15) is 12.1 Å². The predicted octanol–water partition coefficient (Wildman–Crippen LogP) is 6.42. The number of fused-ring (bicyclic) bond motifs is 2. The molecule has 5 amide bonds. The van der Waals surface area contributed by atoms with Crippen LogP contribution < -0.4 is 30.2 Å². The van der Waals surface area contributed by atoms with Crippen LogP contribution in [-0.2, 0) is 23.9 Å². The summed E-state index contributed by atoms with van der Waals surface area (Å²) in [4.78, 5) is 73.4. The largest absolute Gasteiger partial charge is 0.504 e. The van der Waals surface area contributed by atoms with Crippen molar-refractivity contribution in [2.45, 2.75) is 70.3 Å². The van der Waals surface area contributed by atoms with Gasteiger partial charge in [-0.05, 0) is 69.7 Å². The fourth-order valence-corrected chi connectivity index (χ4v) is 9.08. The molecule has 20 heteroatoms. The third-order valence-corrected chi connectivity index (χ3v) is 13.0. The van der Waals surface area contributed by atoms with Gasteiger partial charge in [0.05, 0.1) is 78.3 Å². The molecule has 0 bridgehead atoms. The summed E-state index contributed by atoms with van der Waals surface area (Å²) in [5.41, 5.74) is 2.23. The molecule has 4 heterocycles. The molecule has 4 N–H and O–H groups in total. The Morgan fingerprint density at radius 3 is 2.23 bits per heavy atom. The molecule has 3 aliphatic rings. The quantitative estimate of drug-likeness (QED) is 0.0302. The van der Waals surface area contributed by atoms with Gasteiger partial charge in [-0.3, -0.25) is 39.2 Å². The number of nitrogens with one attached hydrogen (secondary N) is 3. The van der Waals surface area contributed by atoms with Crippen LogP contribution in [0.2, 0.25) is 5.02 Å². The maximum Gasteiger partial charge on any atom is 0.264 e. The fourth-order valence-electron chi connectivity index (χ4n) is 8.87. The van der Waals surface area contributed by atoms with E-state index in [0.29, 0.717) is 78.8 Å². The maximum atomic E-state index is 13.3. The second kappa shape index (κ2) is 25.5. The molecule has 3 aliphatic heterocycles. The van der Waals surface area contributed by atoms with E-state index in [0.717, 1.165) is 82.7 Å². The Kier molecular flexibility index (Phi) is 18.8. The first kappa shape index (κ1) is 52.3. The van der Waals surface area contributed by atoms with Crippen LogP contribution in [0.4, 0.5) is 17.1 Å². The van der Waals surface area contributed by atoms with Crippen LogP contribution in [0.3, 0.4) is 0 Å². The fraction of sp³-hybridized carbons (Fsp3) is 0.471. The van der Waals surface area contributed by atoms with E-state index in [-0.39, 0.29) is 58.5 Å². The van der Waals surface area contributed by atoms with Crippen LogP contribution >= 0.6 is 11.6 Å². The minimum atomic E-state index is -1.08. The zero-order valence-electron chi connectivity index (χ0n) is 40.2. The lowest BCUT2D eigenvalue weighted by molar-refractivity contribution is -0.136. The number of aromatic hydroxyl groups is 1. The summed E-state index contributed by atoms with van der Waals surface area (Å²) in [6, 6.07) is 12.3. The van der Waals surface area contributed by atoms with Gasteiger partial charge in [-0.25, -0.2) is 0 Å². The van der Waals surface area contributed by atoms with Crippen molar-refractivity contribution in [1.29, 1.82) is 5.26 Å². The molecule has 71 heavy (non-hydrogen) atoms. The second-order valence-electron chi connectivity index (χ2n) is 17.5. The van der Waals surface area contributed by atoms with Gasteiger partial charge in [0.25, 0.3) is 11.8 Å². The minimum absolute atomic E-state index is 0.0276. The van der Waals surface area contributed by atoms with Gasteiger partial charge in [0, 0.05) is 88.6 Å². The van der Waals surface area contributed by atoms with E-state index in [1.165, 1.54) is 25.4 Å². The van der Waals surface area contributed by atoms with Crippen molar-refractivity contribution in [3.05, 3.63) is 70.4 Å². The monoisotopic (exact) mass is 996 g/mol. The van der Waals surface area contributed by atoms with E-state index >= 15 is 0 Å². The SMILES string of the molecule is COc1cc(Nc2c(C#N)cnc3cc(OCCCN4CCN(CCCCCOCCOCCCCCC(=O)Nc5cccc6c5C(=O)N(C5CCC(=O)NC5=O)C6=O)CC4)c(OC)cc23)c(Cl)cc1O. The Labute approximate surface area is 417 Å². The van der Waals surface area contributed by atoms with Crippen LogP contribution in [0.1, 0.15) is 90.5 Å². The number of methoxy groups -OCH3 is 2. The molecule has 19 nitrogen and oxygen atoms in total. The van der Waals surface area contributed by atoms with Crippen LogP contribution in [0, 0.1) is 11.3 Å². The van der Waals surface area contributed by atoms with E-state index in [9.17, 15) is 34.3 Å². The molecule has 2 fully saturated rings. The van der Waals surface area contributed by atoms with E-state index in [1.807, 2.05) is 0 Å².